The minimum absolute atomic E-state index is 0.0794. The number of hydrogen-bond donors (Lipinski definition) is 1. The summed E-state index contributed by atoms with van der Waals surface area (Å²) in [5.74, 6) is -2.37. The van der Waals surface area contributed by atoms with E-state index in [0.717, 1.165) is 11.1 Å². The number of nitrogens with zero attached hydrogens (tertiary/aromatic N) is 1. The summed E-state index contributed by atoms with van der Waals surface area (Å²) in [6, 6.07) is 16.7. The van der Waals surface area contributed by atoms with Crippen molar-refractivity contribution in [2.45, 2.75) is 32.2 Å². The molecule has 0 bridgehead atoms. The van der Waals surface area contributed by atoms with Gasteiger partial charge in [0.25, 0.3) is 0 Å². The molecule has 1 N–H and O–H groups in total. The Hall–Kier alpha value is -4.10. The van der Waals surface area contributed by atoms with E-state index in [-0.39, 0.29) is 55.5 Å². The van der Waals surface area contributed by atoms with Crippen LogP contribution in [-0.4, -0.2) is 46.6 Å². The molecule has 2 amide bonds. The van der Waals surface area contributed by atoms with Crippen LogP contribution in [0.2, 0.25) is 0 Å². The molecular formula is C32H29NO6. The van der Waals surface area contributed by atoms with Crippen LogP contribution in [0.3, 0.4) is 0 Å². The van der Waals surface area contributed by atoms with Crippen molar-refractivity contribution in [3.63, 3.8) is 0 Å². The Bertz CT molecular complexity index is 1480. The van der Waals surface area contributed by atoms with Crippen LogP contribution in [-0.2, 0) is 25.7 Å². The number of rotatable bonds is 6. The monoisotopic (exact) mass is 523 g/mol. The lowest BCUT2D eigenvalue weighted by Crippen LogP contribution is -2.39. The van der Waals surface area contributed by atoms with Crippen molar-refractivity contribution in [1.29, 1.82) is 0 Å². The molecule has 39 heavy (non-hydrogen) atoms. The number of imide groups is 1. The van der Waals surface area contributed by atoms with Gasteiger partial charge in [-0.25, -0.2) is 0 Å². The molecular weight excluding hydrogens is 494 g/mol. The highest BCUT2D eigenvalue weighted by molar-refractivity contribution is 6.24. The van der Waals surface area contributed by atoms with Gasteiger partial charge in [0, 0.05) is 28.2 Å². The summed E-state index contributed by atoms with van der Waals surface area (Å²) >= 11 is 0. The van der Waals surface area contributed by atoms with Crippen molar-refractivity contribution in [3.8, 4) is 5.75 Å². The molecule has 0 radical (unpaired) electrons. The number of para-hydroxylation sites is 1. The molecule has 0 saturated carbocycles. The van der Waals surface area contributed by atoms with Crippen molar-refractivity contribution in [3.05, 3.63) is 100 Å². The van der Waals surface area contributed by atoms with E-state index in [9.17, 15) is 24.3 Å². The predicted octanol–water partition coefficient (Wildman–Crippen LogP) is 3.69. The van der Waals surface area contributed by atoms with E-state index in [1.54, 1.807) is 13.0 Å². The number of hydrogen-bond acceptors (Lipinski definition) is 6. The molecule has 3 aliphatic carbocycles. The standard InChI is InChI=1S/C32H29NO6/c1-18-15-25(35)24-16-23-20(27(29(24)30(18)36)21-9-5-6-10-26(21)39-14-13-34)11-12-22-28(23)32(38)33(31(22)37)17-19-7-3-2-4-8-19/h2-11,15,22-23,27-28,34H,12-14,16-17H2,1H3. The van der Waals surface area contributed by atoms with Crippen LogP contribution in [0.5, 0.6) is 5.75 Å². The Balaban J connectivity index is 1.45. The zero-order chi connectivity index (χ0) is 27.3. The van der Waals surface area contributed by atoms with Gasteiger partial charge in [-0.05, 0) is 43.4 Å². The smallest absolute Gasteiger partial charge is 0.234 e. The fourth-order valence-corrected chi connectivity index (χ4v) is 6.71. The summed E-state index contributed by atoms with van der Waals surface area (Å²) in [6.07, 6.45) is 4.02. The molecule has 0 spiro atoms. The van der Waals surface area contributed by atoms with E-state index >= 15 is 0 Å². The molecule has 1 saturated heterocycles. The summed E-state index contributed by atoms with van der Waals surface area (Å²) < 4.78 is 5.86. The lowest BCUT2D eigenvalue weighted by Gasteiger charge is -2.42. The highest BCUT2D eigenvalue weighted by Crippen LogP contribution is 2.56. The molecule has 1 heterocycles. The fourth-order valence-electron chi connectivity index (χ4n) is 6.71. The topological polar surface area (TPSA) is 101 Å². The molecule has 6 rings (SSSR count). The van der Waals surface area contributed by atoms with Crippen molar-refractivity contribution >= 4 is 23.4 Å². The molecule has 198 valence electrons. The van der Waals surface area contributed by atoms with E-state index in [0.29, 0.717) is 34.5 Å². The molecule has 7 heteroatoms. The Morgan fingerprint density at radius 3 is 2.46 bits per heavy atom. The van der Waals surface area contributed by atoms with E-state index in [1.165, 1.54) is 11.0 Å². The minimum atomic E-state index is -0.599. The first-order valence-corrected chi connectivity index (χ1v) is 13.3. The van der Waals surface area contributed by atoms with Crippen LogP contribution in [0.1, 0.15) is 36.8 Å². The van der Waals surface area contributed by atoms with Crippen LogP contribution in [0.25, 0.3) is 0 Å². The van der Waals surface area contributed by atoms with Crippen molar-refractivity contribution in [2.24, 2.45) is 17.8 Å². The number of carbonyl (C=O) groups excluding carboxylic acids is 4. The second-order valence-electron chi connectivity index (χ2n) is 10.6. The summed E-state index contributed by atoms with van der Waals surface area (Å²) in [5.41, 5.74) is 3.69. The molecule has 2 aromatic rings. The zero-order valence-corrected chi connectivity index (χ0v) is 21.6. The molecule has 4 atom stereocenters. The normalized spacial score (nSPS) is 26.2. The molecule has 4 aliphatic rings. The van der Waals surface area contributed by atoms with Gasteiger partial charge < -0.3 is 9.84 Å². The quantitative estimate of drug-likeness (QED) is 0.352. The number of aliphatic hydroxyl groups excluding tert-OH is 1. The van der Waals surface area contributed by atoms with Crippen molar-refractivity contribution in [2.75, 3.05) is 13.2 Å². The third-order valence-corrected chi connectivity index (χ3v) is 8.42. The van der Waals surface area contributed by atoms with Crippen LogP contribution in [0.4, 0.5) is 0 Å². The van der Waals surface area contributed by atoms with E-state index in [2.05, 4.69) is 0 Å². The highest BCUT2D eigenvalue weighted by Gasteiger charge is 2.56. The first-order chi connectivity index (χ1) is 18.9. The SMILES string of the molecule is CC1=CC(=O)C2=C(C1=O)C(c1ccccc1OCCO)C1=CCC3C(=O)N(Cc4ccccc4)C(=O)C3C1C2. The number of likely N-dealkylation sites (tertiary alicyclic amines) is 1. The summed E-state index contributed by atoms with van der Waals surface area (Å²) in [7, 11) is 0. The average Bonchev–Trinajstić information content (AvgIpc) is 3.19. The minimum Gasteiger partial charge on any atom is -0.491 e. The largest absolute Gasteiger partial charge is 0.491 e. The molecule has 7 nitrogen and oxygen atoms in total. The van der Waals surface area contributed by atoms with Gasteiger partial charge in [-0.2, -0.15) is 0 Å². The fraction of sp³-hybridized carbons (Fsp3) is 0.312. The third kappa shape index (κ3) is 4.08. The van der Waals surface area contributed by atoms with Gasteiger partial charge in [0.15, 0.2) is 11.6 Å². The lowest BCUT2D eigenvalue weighted by atomic mass is 9.59. The predicted molar refractivity (Wildman–Crippen MR) is 142 cm³/mol. The zero-order valence-electron chi connectivity index (χ0n) is 21.6. The Morgan fingerprint density at radius 2 is 1.69 bits per heavy atom. The van der Waals surface area contributed by atoms with Crippen molar-refractivity contribution < 1.29 is 29.0 Å². The van der Waals surface area contributed by atoms with Gasteiger partial charge in [-0.15, -0.1) is 0 Å². The maximum absolute atomic E-state index is 13.9. The van der Waals surface area contributed by atoms with Crippen LogP contribution in [0, 0.1) is 17.8 Å². The lowest BCUT2D eigenvalue weighted by molar-refractivity contribution is -0.140. The molecule has 2 aromatic carbocycles. The van der Waals surface area contributed by atoms with Gasteiger partial charge in [-0.3, -0.25) is 24.1 Å². The van der Waals surface area contributed by atoms with Crippen LogP contribution in [0.15, 0.2) is 89.0 Å². The second-order valence-corrected chi connectivity index (χ2v) is 10.6. The summed E-state index contributed by atoms with van der Waals surface area (Å²) in [5, 5.41) is 9.38. The Morgan fingerprint density at radius 1 is 0.949 bits per heavy atom. The van der Waals surface area contributed by atoms with Gasteiger partial charge in [0.05, 0.1) is 25.0 Å². The highest BCUT2D eigenvalue weighted by atomic mass is 16.5. The molecule has 4 unspecified atom stereocenters. The van der Waals surface area contributed by atoms with Gasteiger partial charge >= 0.3 is 0 Å². The number of ketones is 2. The number of allylic oxidation sites excluding steroid dienone is 6. The van der Waals surface area contributed by atoms with E-state index < -0.39 is 17.8 Å². The summed E-state index contributed by atoms with van der Waals surface area (Å²) in [4.78, 5) is 55.6. The molecule has 1 fully saturated rings. The second kappa shape index (κ2) is 9.89. The molecule has 1 aliphatic heterocycles. The first kappa shape index (κ1) is 25.2. The van der Waals surface area contributed by atoms with Crippen LogP contribution < -0.4 is 4.74 Å². The van der Waals surface area contributed by atoms with Gasteiger partial charge in [0.1, 0.15) is 12.4 Å². The number of fused-ring (bicyclic) bond motifs is 3. The average molecular weight is 524 g/mol. The van der Waals surface area contributed by atoms with Crippen molar-refractivity contribution in [1.82, 2.24) is 4.90 Å². The number of Topliss-reactive ketones (excluding diaryl/α,β-unsaturated/α-hetero) is 1. The maximum Gasteiger partial charge on any atom is 0.234 e. The van der Waals surface area contributed by atoms with Gasteiger partial charge in [0.2, 0.25) is 11.8 Å². The maximum atomic E-state index is 13.9. The van der Waals surface area contributed by atoms with Crippen LogP contribution >= 0.6 is 0 Å². The first-order valence-electron chi connectivity index (χ1n) is 13.3. The van der Waals surface area contributed by atoms with E-state index in [4.69, 9.17) is 4.74 Å². The Kier molecular flexibility index (Phi) is 6.39. The summed E-state index contributed by atoms with van der Waals surface area (Å²) in [6.45, 7) is 1.76. The number of benzene rings is 2. The Labute approximate surface area is 226 Å². The number of carbonyl (C=O) groups is 4. The van der Waals surface area contributed by atoms with E-state index in [1.807, 2.05) is 54.6 Å². The number of ether oxygens (including phenoxy) is 1. The van der Waals surface area contributed by atoms with Gasteiger partial charge in [-0.1, -0.05) is 60.2 Å². The third-order valence-electron chi connectivity index (χ3n) is 8.42. The molecule has 0 aromatic heterocycles. The number of aliphatic hydroxyl groups is 1. The number of amides is 2.